The van der Waals surface area contributed by atoms with Crippen molar-refractivity contribution >= 4 is 33.9 Å². The highest BCUT2D eigenvalue weighted by atomic mass is 19.4. The van der Waals surface area contributed by atoms with E-state index in [1.54, 1.807) is 6.33 Å². The number of likely N-dealkylation sites (tertiary alicyclic amines) is 1. The molecule has 1 aliphatic rings. The molecule has 12 heteroatoms. The van der Waals surface area contributed by atoms with E-state index in [-0.39, 0.29) is 0 Å². The molecular formula is C23H24F3N7O2. The first-order valence-electron chi connectivity index (χ1n) is 10.9. The summed E-state index contributed by atoms with van der Waals surface area (Å²) in [6.07, 6.45) is 2.42. The number of carbonyl (C=O) groups is 1. The number of nitrogens with two attached hydrogens (primary N) is 1. The molecule has 4 heterocycles. The lowest BCUT2D eigenvalue weighted by atomic mass is 10.1. The van der Waals surface area contributed by atoms with Crippen molar-refractivity contribution in [3.05, 3.63) is 60.7 Å². The van der Waals surface area contributed by atoms with Crippen molar-refractivity contribution in [1.82, 2.24) is 24.5 Å². The van der Waals surface area contributed by atoms with E-state index in [2.05, 4.69) is 43.5 Å². The van der Waals surface area contributed by atoms with Crippen molar-refractivity contribution in [2.45, 2.75) is 31.6 Å². The third-order valence-electron chi connectivity index (χ3n) is 5.67. The standard InChI is InChI=1S/C21H23N7.C2HF3O2/c22-17-6-9-27(10-7-17)13-16-5-11-28-20(16)21(24-14-25-28)26-18-3-4-19-15(12-18)2-1-8-23-19;3-2(4,5)1(6)7/h1-5,8,11-12,14,17H,6-7,9-10,13,22H2,(H,24,25,26);(H,6,7). The van der Waals surface area contributed by atoms with Crippen LogP contribution >= 0.6 is 0 Å². The maximum Gasteiger partial charge on any atom is 0.490 e. The molecule has 3 aromatic heterocycles. The van der Waals surface area contributed by atoms with Gasteiger partial charge in [-0.25, -0.2) is 14.3 Å². The number of piperidine rings is 1. The van der Waals surface area contributed by atoms with Crippen LogP contribution in [0.5, 0.6) is 0 Å². The molecule has 1 fully saturated rings. The van der Waals surface area contributed by atoms with Gasteiger partial charge < -0.3 is 16.2 Å². The van der Waals surface area contributed by atoms with E-state index in [0.717, 1.165) is 60.4 Å². The number of pyridine rings is 1. The molecule has 35 heavy (non-hydrogen) atoms. The van der Waals surface area contributed by atoms with Gasteiger partial charge in [-0.15, -0.1) is 0 Å². The van der Waals surface area contributed by atoms with Crippen molar-refractivity contribution in [3.63, 3.8) is 0 Å². The highest BCUT2D eigenvalue weighted by Gasteiger charge is 2.38. The normalized spacial score (nSPS) is 15.1. The average Bonchev–Trinajstić information content (AvgIpc) is 3.24. The Balaban J connectivity index is 0.000000364. The van der Waals surface area contributed by atoms with Crippen molar-refractivity contribution in [2.75, 3.05) is 18.4 Å². The van der Waals surface area contributed by atoms with Gasteiger partial charge in [-0.05, 0) is 61.8 Å². The van der Waals surface area contributed by atoms with Gasteiger partial charge in [0.2, 0.25) is 0 Å². The van der Waals surface area contributed by atoms with Gasteiger partial charge in [-0.2, -0.15) is 18.3 Å². The van der Waals surface area contributed by atoms with E-state index < -0.39 is 12.1 Å². The zero-order valence-electron chi connectivity index (χ0n) is 18.6. The molecule has 0 radical (unpaired) electrons. The Morgan fingerprint density at radius 3 is 2.63 bits per heavy atom. The Kier molecular flexibility index (Phi) is 7.12. The van der Waals surface area contributed by atoms with Crippen molar-refractivity contribution in [2.24, 2.45) is 5.73 Å². The SMILES string of the molecule is NC1CCN(Cc2ccn3ncnc(Nc4ccc5ncccc5c4)c23)CC1.O=C(O)C(F)(F)F. The van der Waals surface area contributed by atoms with E-state index >= 15 is 0 Å². The summed E-state index contributed by atoms with van der Waals surface area (Å²) in [4.78, 5) is 20.3. The van der Waals surface area contributed by atoms with Gasteiger partial charge in [-0.3, -0.25) is 9.88 Å². The number of alkyl halides is 3. The second-order valence-electron chi connectivity index (χ2n) is 8.20. The lowest BCUT2D eigenvalue weighted by molar-refractivity contribution is -0.192. The predicted octanol–water partition coefficient (Wildman–Crippen LogP) is 3.58. The largest absolute Gasteiger partial charge is 0.490 e. The van der Waals surface area contributed by atoms with Crippen LogP contribution in [0, 0.1) is 0 Å². The third-order valence-corrected chi connectivity index (χ3v) is 5.67. The predicted molar refractivity (Wildman–Crippen MR) is 124 cm³/mol. The summed E-state index contributed by atoms with van der Waals surface area (Å²) in [5, 5.41) is 16.1. The number of aromatic nitrogens is 4. The number of nitrogens with zero attached hydrogens (tertiary/aromatic N) is 5. The van der Waals surface area contributed by atoms with E-state index in [0.29, 0.717) is 6.04 Å². The molecule has 0 unspecified atom stereocenters. The molecule has 0 aliphatic carbocycles. The van der Waals surface area contributed by atoms with Gasteiger partial charge in [0.05, 0.1) is 5.52 Å². The molecule has 1 aromatic carbocycles. The first-order chi connectivity index (χ1) is 16.7. The van der Waals surface area contributed by atoms with Crippen LogP contribution in [0.25, 0.3) is 16.4 Å². The highest BCUT2D eigenvalue weighted by molar-refractivity contribution is 5.85. The molecule has 184 valence electrons. The van der Waals surface area contributed by atoms with Crippen molar-refractivity contribution < 1.29 is 23.1 Å². The minimum atomic E-state index is -5.08. The summed E-state index contributed by atoms with van der Waals surface area (Å²) in [6, 6.07) is 12.6. The fourth-order valence-corrected chi connectivity index (χ4v) is 3.88. The van der Waals surface area contributed by atoms with E-state index in [1.165, 1.54) is 5.56 Å². The molecule has 9 nitrogen and oxygen atoms in total. The van der Waals surface area contributed by atoms with Gasteiger partial charge in [0.1, 0.15) is 11.8 Å². The summed E-state index contributed by atoms with van der Waals surface area (Å²) >= 11 is 0. The number of hydrogen-bond acceptors (Lipinski definition) is 7. The van der Waals surface area contributed by atoms with Crippen LogP contribution in [0.15, 0.2) is 55.1 Å². The first kappa shape index (κ1) is 24.4. The van der Waals surface area contributed by atoms with E-state index in [9.17, 15) is 13.2 Å². The Morgan fingerprint density at radius 2 is 1.91 bits per heavy atom. The van der Waals surface area contributed by atoms with Crippen molar-refractivity contribution in [3.8, 4) is 0 Å². The maximum absolute atomic E-state index is 10.6. The third kappa shape index (κ3) is 6.03. The Bertz CT molecular complexity index is 1320. The van der Waals surface area contributed by atoms with Gasteiger partial charge in [0, 0.05) is 36.1 Å². The molecule has 4 aromatic rings. The van der Waals surface area contributed by atoms with E-state index in [1.807, 2.05) is 35.1 Å². The lowest BCUT2D eigenvalue weighted by Crippen LogP contribution is -2.39. The number of aliphatic carboxylic acids is 1. The number of fused-ring (bicyclic) bond motifs is 2. The van der Waals surface area contributed by atoms with Crippen LogP contribution < -0.4 is 11.1 Å². The summed E-state index contributed by atoms with van der Waals surface area (Å²) in [6.45, 7) is 2.95. The molecular weight excluding hydrogens is 463 g/mol. The second kappa shape index (κ2) is 10.2. The van der Waals surface area contributed by atoms with Crippen LogP contribution in [0.2, 0.25) is 0 Å². The first-order valence-corrected chi connectivity index (χ1v) is 10.9. The minimum Gasteiger partial charge on any atom is -0.475 e. The van der Waals surface area contributed by atoms with Gasteiger partial charge in [-0.1, -0.05) is 6.07 Å². The highest BCUT2D eigenvalue weighted by Crippen LogP contribution is 2.26. The zero-order valence-corrected chi connectivity index (χ0v) is 18.6. The number of halogens is 3. The molecule has 5 rings (SSSR count). The number of benzene rings is 1. The fourth-order valence-electron chi connectivity index (χ4n) is 3.88. The summed E-state index contributed by atoms with van der Waals surface area (Å²) in [5.74, 6) is -1.94. The fraction of sp³-hybridized carbons (Fsp3) is 0.304. The summed E-state index contributed by atoms with van der Waals surface area (Å²) < 4.78 is 33.6. The summed E-state index contributed by atoms with van der Waals surface area (Å²) in [5.41, 5.74) is 10.2. The van der Waals surface area contributed by atoms with Gasteiger partial charge >= 0.3 is 12.1 Å². The van der Waals surface area contributed by atoms with Gasteiger partial charge in [0.15, 0.2) is 5.82 Å². The van der Waals surface area contributed by atoms with Crippen molar-refractivity contribution in [1.29, 1.82) is 0 Å². The number of carboxylic acids is 1. The Hall–Kier alpha value is -3.77. The molecule has 1 aliphatic heterocycles. The average molecular weight is 487 g/mol. The number of hydrogen-bond donors (Lipinski definition) is 3. The zero-order chi connectivity index (χ0) is 25.0. The minimum absolute atomic E-state index is 0.338. The maximum atomic E-state index is 10.6. The quantitative estimate of drug-likeness (QED) is 0.399. The molecule has 0 atom stereocenters. The van der Waals surface area contributed by atoms with Crippen LogP contribution in [-0.2, 0) is 11.3 Å². The monoisotopic (exact) mass is 487 g/mol. The Labute approximate surface area is 198 Å². The molecule has 0 spiro atoms. The van der Waals surface area contributed by atoms with Gasteiger partial charge in [0.25, 0.3) is 0 Å². The molecule has 0 bridgehead atoms. The van der Waals surface area contributed by atoms with Crippen LogP contribution in [-0.4, -0.2) is 60.9 Å². The summed E-state index contributed by atoms with van der Waals surface area (Å²) in [7, 11) is 0. The number of nitrogens with one attached hydrogen (secondary N) is 1. The molecule has 0 amide bonds. The second-order valence-corrected chi connectivity index (χ2v) is 8.20. The topological polar surface area (TPSA) is 122 Å². The molecule has 0 saturated carbocycles. The van der Waals surface area contributed by atoms with Crippen LogP contribution in [0.4, 0.5) is 24.7 Å². The molecule has 4 N–H and O–H groups in total. The lowest BCUT2D eigenvalue weighted by Gasteiger charge is -2.29. The van der Waals surface area contributed by atoms with Crippen LogP contribution in [0.1, 0.15) is 18.4 Å². The Morgan fingerprint density at radius 1 is 1.17 bits per heavy atom. The number of carboxylic acid groups (broad SMARTS) is 1. The number of anilines is 2. The number of rotatable bonds is 4. The molecule has 1 saturated heterocycles. The van der Waals surface area contributed by atoms with Crippen LogP contribution in [0.3, 0.4) is 0 Å². The smallest absolute Gasteiger partial charge is 0.475 e. The van der Waals surface area contributed by atoms with E-state index in [4.69, 9.17) is 15.6 Å².